The van der Waals surface area contributed by atoms with Crippen LogP contribution in [0.4, 0.5) is 17.6 Å². The zero-order valence-electron chi connectivity index (χ0n) is 6.59. The molecule has 0 aliphatic heterocycles. The Hall–Kier alpha value is 0.880. The second-order valence-corrected chi connectivity index (χ2v) is 5.00. The molecular weight excluding hydrogens is 290 g/mol. The molecule has 8 heteroatoms. The van der Waals surface area contributed by atoms with Gasteiger partial charge in [0.05, 0.1) is 0 Å². The first-order valence-electron chi connectivity index (χ1n) is 3.44. The average molecular weight is 296 g/mol. The van der Waals surface area contributed by atoms with Gasteiger partial charge in [-0.3, -0.25) is 0 Å². The molecule has 0 aromatic heterocycles. The fourth-order valence-corrected chi connectivity index (χ4v) is 1.56. The SMILES string of the molecule is FC(Cl)CC(CC(F)(F)Cl)C(F)(Cl)Cl. The molecule has 0 fully saturated rings. The summed E-state index contributed by atoms with van der Waals surface area (Å²) in [4.78, 5) is 0. The summed E-state index contributed by atoms with van der Waals surface area (Å²) in [5, 5.41) is -3.70. The van der Waals surface area contributed by atoms with Gasteiger partial charge in [0, 0.05) is 18.8 Å². The van der Waals surface area contributed by atoms with Gasteiger partial charge < -0.3 is 0 Å². The van der Waals surface area contributed by atoms with Crippen LogP contribution >= 0.6 is 46.4 Å². The van der Waals surface area contributed by atoms with E-state index in [4.69, 9.17) is 34.8 Å². The van der Waals surface area contributed by atoms with Crippen molar-refractivity contribution in [3.05, 3.63) is 0 Å². The van der Waals surface area contributed by atoms with Gasteiger partial charge in [-0.05, 0) is 11.6 Å². The van der Waals surface area contributed by atoms with Crippen molar-refractivity contribution in [3.63, 3.8) is 0 Å². The normalized spacial score (nSPS) is 18.0. The maximum atomic E-state index is 12.9. The average Bonchev–Trinajstić information content (AvgIpc) is 1.78. The standard InChI is InChI=1S/C6H6Cl4F4/c7-4(11)1-3(6(9,10)14)2-5(8,12)13/h3-4H,1-2H2. The van der Waals surface area contributed by atoms with Gasteiger partial charge in [0.2, 0.25) is 0 Å². The molecule has 0 aromatic carbocycles. The Morgan fingerprint density at radius 3 is 1.71 bits per heavy atom. The minimum absolute atomic E-state index is 0.743. The number of hydrogen-bond donors (Lipinski definition) is 0. The fraction of sp³-hybridized carbons (Fsp3) is 1.00. The molecule has 0 nitrogen and oxygen atoms in total. The van der Waals surface area contributed by atoms with Crippen LogP contribution in [0.15, 0.2) is 0 Å². The number of hydrogen-bond acceptors (Lipinski definition) is 0. The highest BCUT2D eigenvalue weighted by Crippen LogP contribution is 2.43. The Balaban J connectivity index is 4.42. The summed E-state index contributed by atoms with van der Waals surface area (Å²) in [6.07, 6.45) is -1.93. The molecule has 0 aliphatic carbocycles. The van der Waals surface area contributed by atoms with Gasteiger partial charge in [-0.15, -0.1) is 0 Å². The van der Waals surface area contributed by atoms with Crippen LogP contribution < -0.4 is 0 Å². The molecular formula is C6H6Cl4F4. The third kappa shape index (κ3) is 7.21. The van der Waals surface area contributed by atoms with Gasteiger partial charge in [-0.1, -0.05) is 34.8 Å². The zero-order chi connectivity index (χ0) is 11.6. The van der Waals surface area contributed by atoms with E-state index in [0.29, 0.717) is 0 Å². The summed E-state index contributed by atoms with van der Waals surface area (Å²) in [5.41, 5.74) is -2.01. The van der Waals surface area contributed by atoms with Crippen molar-refractivity contribution in [2.24, 2.45) is 5.92 Å². The first kappa shape index (κ1) is 14.9. The molecule has 0 bridgehead atoms. The van der Waals surface area contributed by atoms with E-state index in [9.17, 15) is 17.6 Å². The van der Waals surface area contributed by atoms with Gasteiger partial charge >= 0.3 is 5.38 Å². The molecule has 86 valence electrons. The predicted octanol–water partition coefficient (Wildman–Crippen LogP) is 4.85. The number of halogens is 8. The summed E-state index contributed by atoms with van der Waals surface area (Å²) in [7, 11) is 0. The lowest BCUT2D eigenvalue weighted by molar-refractivity contribution is 0.0451. The third-order valence-corrected chi connectivity index (χ3v) is 2.35. The molecule has 2 unspecified atom stereocenters. The molecule has 0 saturated heterocycles. The maximum absolute atomic E-state index is 12.9. The van der Waals surface area contributed by atoms with Crippen molar-refractivity contribution in [1.82, 2.24) is 0 Å². The van der Waals surface area contributed by atoms with Gasteiger partial charge in [-0.25, -0.2) is 8.78 Å². The lowest BCUT2D eigenvalue weighted by Gasteiger charge is -2.24. The van der Waals surface area contributed by atoms with Crippen LogP contribution in [0.1, 0.15) is 12.8 Å². The van der Waals surface area contributed by atoms with Gasteiger partial charge in [0.15, 0.2) is 5.63 Å². The second kappa shape index (κ2) is 5.28. The van der Waals surface area contributed by atoms with Crippen molar-refractivity contribution < 1.29 is 17.6 Å². The molecule has 0 rings (SSSR count). The Morgan fingerprint density at radius 2 is 1.50 bits per heavy atom. The minimum Gasteiger partial charge on any atom is -0.230 e. The van der Waals surface area contributed by atoms with Crippen LogP contribution in [0, 0.1) is 5.92 Å². The first-order valence-corrected chi connectivity index (χ1v) is 5.01. The van der Waals surface area contributed by atoms with E-state index in [1.807, 2.05) is 0 Å². The van der Waals surface area contributed by atoms with Crippen molar-refractivity contribution in [1.29, 1.82) is 0 Å². The summed E-state index contributed by atoms with van der Waals surface area (Å²) in [5.74, 6) is -1.68. The monoisotopic (exact) mass is 294 g/mol. The topological polar surface area (TPSA) is 0 Å². The minimum atomic E-state index is -3.70. The Labute approximate surface area is 98.4 Å². The Kier molecular flexibility index (Phi) is 5.61. The quantitative estimate of drug-likeness (QED) is 0.502. The maximum Gasteiger partial charge on any atom is 0.322 e. The van der Waals surface area contributed by atoms with Crippen LogP contribution in [0.3, 0.4) is 0 Å². The molecule has 0 N–H and O–H groups in total. The van der Waals surface area contributed by atoms with Crippen LogP contribution in [0.25, 0.3) is 0 Å². The smallest absolute Gasteiger partial charge is 0.230 e. The molecule has 0 aliphatic rings. The number of alkyl halides is 8. The third-order valence-electron chi connectivity index (χ3n) is 1.40. The van der Waals surface area contributed by atoms with Crippen LogP contribution in [-0.2, 0) is 0 Å². The molecule has 0 amide bonds. The first-order chi connectivity index (χ1) is 6.02. The van der Waals surface area contributed by atoms with Crippen LogP contribution in [0.2, 0.25) is 0 Å². The van der Waals surface area contributed by atoms with Crippen LogP contribution in [0.5, 0.6) is 0 Å². The van der Waals surface area contributed by atoms with Gasteiger partial charge in [0.1, 0.15) is 0 Å². The van der Waals surface area contributed by atoms with Gasteiger partial charge in [0.25, 0.3) is 4.59 Å². The molecule has 0 saturated carbocycles. The highest BCUT2D eigenvalue weighted by molar-refractivity contribution is 6.47. The predicted molar refractivity (Wildman–Crippen MR) is 49.8 cm³/mol. The Bertz CT molecular complexity index is 174. The number of rotatable bonds is 5. The zero-order valence-corrected chi connectivity index (χ0v) is 9.62. The molecule has 2 atom stereocenters. The fourth-order valence-electron chi connectivity index (χ4n) is 0.827. The summed E-state index contributed by atoms with van der Waals surface area (Å²) in [6, 6.07) is 0. The molecule has 0 heterocycles. The van der Waals surface area contributed by atoms with E-state index in [0.717, 1.165) is 0 Å². The van der Waals surface area contributed by atoms with E-state index in [1.165, 1.54) is 0 Å². The molecule has 0 radical (unpaired) electrons. The van der Waals surface area contributed by atoms with E-state index in [1.54, 1.807) is 0 Å². The Morgan fingerprint density at radius 1 is 1.07 bits per heavy atom. The van der Waals surface area contributed by atoms with E-state index < -0.39 is 34.4 Å². The van der Waals surface area contributed by atoms with Crippen molar-refractivity contribution in [3.8, 4) is 0 Å². The highest BCUT2D eigenvalue weighted by Gasteiger charge is 2.42. The van der Waals surface area contributed by atoms with E-state index in [-0.39, 0.29) is 0 Å². The van der Waals surface area contributed by atoms with E-state index >= 15 is 0 Å². The van der Waals surface area contributed by atoms with Crippen molar-refractivity contribution >= 4 is 46.4 Å². The largest absolute Gasteiger partial charge is 0.322 e. The molecule has 0 aromatic rings. The molecule has 0 spiro atoms. The van der Waals surface area contributed by atoms with Crippen molar-refractivity contribution in [2.45, 2.75) is 28.4 Å². The summed E-state index contributed by atoms with van der Waals surface area (Å²) < 4.78 is 46.7. The second-order valence-electron chi connectivity index (χ2n) is 2.68. The highest BCUT2D eigenvalue weighted by atomic mass is 35.5. The summed E-state index contributed by atoms with van der Waals surface area (Å²) in [6.45, 7) is 0. The van der Waals surface area contributed by atoms with Crippen molar-refractivity contribution in [2.75, 3.05) is 0 Å². The summed E-state index contributed by atoms with van der Waals surface area (Å²) >= 11 is 19.3. The van der Waals surface area contributed by atoms with E-state index in [2.05, 4.69) is 11.6 Å². The van der Waals surface area contributed by atoms with Crippen LogP contribution in [-0.4, -0.2) is 15.6 Å². The van der Waals surface area contributed by atoms with Gasteiger partial charge in [-0.2, -0.15) is 8.78 Å². The lowest BCUT2D eigenvalue weighted by atomic mass is 10.0. The molecule has 14 heavy (non-hydrogen) atoms. The lowest BCUT2D eigenvalue weighted by Crippen LogP contribution is -2.27.